The summed E-state index contributed by atoms with van der Waals surface area (Å²) >= 11 is 6.12. The van der Waals surface area contributed by atoms with Gasteiger partial charge in [0.2, 0.25) is 5.91 Å². The molecule has 1 atom stereocenters. The highest BCUT2D eigenvalue weighted by molar-refractivity contribution is 6.30. The van der Waals surface area contributed by atoms with Crippen molar-refractivity contribution in [3.63, 3.8) is 0 Å². The van der Waals surface area contributed by atoms with Crippen molar-refractivity contribution < 1.29 is 4.79 Å². The Labute approximate surface area is 146 Å². The molecule has 0 saturated heterocycles. The SMILES string of the molecule is CC(=O)Nc1ccc(C2C=C(c3cc(Cl)ccc3N)CCN2)cc1. The molecular weight excluding hydrogens is 322 g/mol. The van der Waals surface area contributed by atoms with E-state index in [1.165, 1.54) is 12.5 Å². The number of carbonyl (C=O) groups excluding carboxylic acids is 1. The Morgan fingerprint density at radius 1 is 1.25 bits per heavy atom. The third kappa shape index (κ3) is 3.78. The summed E-state index contributed by atoms with van der Waals surface area (Å²) in [5, 5.41) is 6.96. The Morgan fingerprint density at radius 3 is 2.71 bits per heavy atom. The van der Waals surface area contributed by atoms with Crippen LogP contribution in [0.1, 0.15) is 30.5 Å². The van der Waals surface area contributed by atoms with Gasteiger partial charge in [-0.3, -0.25) is 4.79 Å². The van der Waals surface area contributed by atoms with Crippen molar-refractivity contribution in [1.29, 1.82) is 0 Å². The Bertz CT molecular complexity index is 784. The van der Waals surface area contributed by atoms with Crippen LogP contribution < -0.4 is 16.4 Å². The number of nitrogens with two attached hydrogens (primary N) is 1. The zero-order chi connectivity index (χ0) is 17.1. The maximum atomic E-state index is 11.1. The largest absolute Gasteiger partial charge is 0.398 e. The van der Waals surface area contributed by atoms with Gasteiger partial charge in [0.05, 0.1) is 6.04 Å². The van der Waals surface area contributed by atoms with Gasteiger partial charge in [-0.2, -0.15) is 0 Å². The maximum Gasteiger partial charge on any atom is 0.221 e. The predicted molar refractivity (Wildman–Crippen MR) is 99.9 cm³/mol. The quantitative estimate of drug-likeness (QED) is 0.739. The van der Waals surface area contributed by atoms with E-state index in [0.717, 1.165) is 35.5 Å². The number of benzene rings is 2. The molecule has 0 aromatic heterocycles. The molecule has 0 spiro atoms. The second kappa shape index (κ2) is 7.07. The average molecular weight is 342 g/mol. The summed E-state index contributed by atoms with van der Waals surface area (Å²) in [5.74, 6) is -0.0721. The van der Waals surface area contributed by atoms with E-state index in [1.807, 2.05) is 36.4 Å². The molecule has 124 valence electrons. The van der Waals surface area contributed by atoms with Crippen molar-refractivity contribution in [2.45, 2.75) is 19.4 Å². The van der Waals surface area contributed by atoms with E-state index < -0.39 is 0 Å². The maximum absolute atomic E-state index is 11.1. The van der Waals surface area contributed by atoms with Crippen LogP contribution in [0.5, 0.6) is 0 Å². The van der Waals surface area contributed by atoms with Gasteiger partial charge in [-0.05, 0) is 47.9 Å². The fourth-order valence-electron chi connectivity index (χ4n) is 2.93. The molecule has 2 aromatic rings. The van der Waals surface area contributed by atoms with E-state index in [1.54, 1.807) is 6.07 Å². The number of hydrogen-bond donors (Lipinski definition) is 3. The fourth-order valence-corrected chi connectivity index (χ4v) is 3.10. The Hall–Kier alpha value is -2.30. The molecule has 24 heavy (non-hydrogen) atoms. The molecule has 0 radical (unpaired) electrons. The molecule has 0 fully saturated rings. The molecule has 0 aliphatic carbocycles. The van der Waals surface area contributed by atoms with Crippen molar-refractivity contribution in [2.24, 2.45) is 0 Å². The molecule has 1 unspecified atom stereocenters. The predicted octanol–water partition coefficient (Wildman–Crippen LogP) is 4.00. The molecule has 4 nitrogen and oxygen atoms in total. The van der Waals surface area contributed by atoms with Gasteiger partial charge >= 0.3 is 0 Å². The van der Waals surface area contributed by atoms with Crippen LogP contribution in [-0.4, -0.2) is 12.5 Å². The number of halogens is 1. The number of anilines is 2. The van der Waals surface area contributed by atoms with Crippen molar-refractivity contribution >= 4 is 34.5 Å². The van der Waals surface area contributed by atoms with Crippen LogP contribution in [0.3, 0.4) is 0 Å². The van der Waals surface area contributed by atoms with Crippen molar-refractivity contribution in [3.05, 3.63) is 64.7 Å². The number of nitrogens with one attached hydrogen (secondary N) is 2. The first kappa shape index (κ1) is 16.6. The number of carbonyl (C=O) groups is 1. The van der Waals surface area contributed by atoms with Crippen LogP contribution >= 0.6 is 11.6 Å². The molecule has 0 bridgehead atoms. The minimum Gasteiger partial charge on any atom is -0.398 e. The molecule has 2 aromatic carbocycles. The molecule has 1 aliphatic rings. The van der Waals surface area contributed by atoms with Crippen LogP contribution in [0, 0.1) is 0 Å². The van der Waals surface area contributed by atoms with Gasteiger partial charge in [0.1, 0.15) is 0 Å². The van der Waals surface area contributed by atoms with Gasteiger partial charge in [-0.1, -0.05) is 29.8 Å². The third-order valence-corrected chi connectivity index (χ3v) is 4.31. The zero-order valence-corrected chi connectivity index (χ0v) is 14.2. The first-order valence-electron chi connectivity index (χ1n) is 7.90. The summed E-state index contributed by atoms with van der Waals surface area (Å²) in [4.78, 5) is 11.1. The average Bonchev–Trinajstić information content (AvgIpc) is 2.57. The van der Waals surface area contributed by atoms with Gasteiger partial charge < -0.3 is 16.4 Å². The summed E-state index contributed by atoms with van der Waals surface area (Å²) in [6.45, 7) is 2.37. The second-order valence-corrected chi connectivity index (χ2v) is 6.34. The lowest BCUT2D eigenvalue weighted by Crippen LogP contribution is -2.25. The van der Waals surface area contributed by atoms with E-state index in [-0.39, 0.29) is 11.9 Å². The van der Waals surface area contributed by atoms with Crippen molar-refractivity contribution in [1.82, 2.24) is 5.32 Å². The zero-order valence-electron chi connectivity index (χ0n) is 13.5. The smallest absolute Gasteiger partial charge is 0.221 e. The van der Waals surface area contributed by atoms with E-state index in [9.17, 15) is 4.79 Å². The standard InChI is InChI=1S/C19H20ClN3O/c1-12(24)23-16-5-2-13(3-6-16)19-10-14(8-9-22-19)17-11-15(20)4-7-18(17)21/h2-7,10-11,19,22H,8-9,21H2,1H3,(H,23,24). The summed E-state index contributed by atoms with van der Waals surface area (Å²) in [7, 11) is 0. The topological polar surface area (TPSA) is 67.2 Å². The summed E-state index contributed by atoms with van der Waals surface area (Å²) in [6, 6.07) is 13.5. The minimum absolute atomic E-state index is 0.0721. The lowest BCUT2D eigenvalue weighted by molar-refractivity contribution is -0.114. The normalized spacial score (nSPS) is 17.2. The van der Waals surface area contributed by atoms with Gasteiger partial charge in [0, 0.05) is 35.4 Å². The highest BCUT2D eigenvalue weighted by atomic mass is 35.5. The number of amides is 1. The molecule has 1 aliphatic heterocycles. The van der Waals surface area contributed by atoms with E-state index in [0.29, 0.717) is 5.02 Å². The third-order valence-electron chi connectivity index (χ3n) is 4.08. The van der Waals surface area contributed by atoms with Gasteiger partial charge in [0.15, 0.2) is 0 Å². The second-order valence-electron chi connectivity index (χ2n) is 5.91. The molecule has 5 heteroatoms. The lowest BCUT2D eigenvalue weighted by Gasteiger charge is -2.24. The molecule has 1 heterocycles. The van der Waals surface area contributed by atoms with Gasteiger partial charge in [-0.15, -0.1) is 0 Å². The monoisotopic (exact) mass is 341 g/mol. The lowest BCUT2D eigenvalue weighted by atomic mass is 9.93. The van der Waals surface area contributed by atoms with E-state index >= 15 is 0 Å². The van der Waals surface area contributed by atoms with Gasteiger partial charge in [0.25, 0.3) is 0 Å². The van der Waals surface area contributed by atoms with Crippen LogP contribution in [0.4, 0.5) is 11.4 Å². The summed E-state index contributed by atoms with van der Waals surface area (Å²) in [6.07, 6.45) is 3.10. The first-order chi connectivity index (χ1) is 11.5. The van der Waals surface area contributed by atoms with Crippen LogP contribution in [0.15, 0.2) is 48.5 Å². The van der Waals surface area contributed by atoms with Crippen molar-refractivity contribution in [2.75, 3.05) is 17.6 Å². The number of hydrogen-bond acceptors (Lipinski definition) is 3. The summed E-state index contributed by atoms with van der Waals surface area (Å²) in [5.41, 5.74) is 11.0. The Morgan fingerprint density at radius 2 is 2.00 bits per heavy atom. The first-order valence-corrected chi connectivity index (χ1v) is 8.28. The Kier molecular flexibility index (Phi) is 4.88. The molecular formula is C19H20ClN3O. The van der Waals surface area contributed by atoms with Crippen LogP contribution in [0.25, 0.3) is 5.57 Å². The van der Waals surface area contributed by atoms with Crippen LogP contribution in [0.2, 0.25) is 5.02 Å². The summed E-state index contributed by atoms with van der Waals surface area (Å²) < 4.78 is 0. The van der Waals surface area contributed by atoms with Crippen molar-refractivity contribution in [3.8, 4) is 0 Å². The van der Waals surface area contributed by atoms with E-state index in [2.05, 4.69) is 16.7 Å². The highest BCUT2D eigenvalue weighted by Crippen LogP contribution is 2.32. The molecule has 3 rings (SSSR count). The highest BCUT2D eigenvalue weighted by Gasteiger charge is 2.17. The fraction of sp³-hybridized carbons (Fsp3) is 0.211. The number of nitrogen functional groups attached to an aromatic ring is 1. The molecule has 0 saturated carbocycles. The molecule has 1 amide bonds. The Balaban J connectivity index is 1.86. The van der Waals surface area contributed by atoms with Gasteiger partial charge in [-0.25, -0.2) is 0 Å². The minimum atomic E-state index is -0.0721. The van der Waals surface area contributed by atoms with Crippen LogP contribution in [-0.2, 0) is 4.79 Å². The van der Waals surface area contributed by atoms with E-state index in [4.69, 9.17) is 17.3 Å². The number of rotatable bonds is 3. The molecule has 4 N–H and O–H groups in total.